The molecule has 2 aromatic carbocycles. The van der Waals surface area contributed by atoms with Crippen molar-refractivity contribution < 1.29 is 4.74 Å². The third-order valence-electron chi connectivity index (χ3n) is 4.39. The molecule has 0 N–H and O–H groups in total. The van der Waals surface area contributed by atoms with E-state index in [1.54, 1.807) is 24.9 Å². The van der Waals surface area contributed by atoms with Crippen molar-refractivity contribution in [2.45, 2.75) is 11.3 Å². The van der Waals surface area contributed by atoms with Crippen LogP contribution in [0.25, 0.3) is 11.0 Å². The van der Waals surface area contributed by atoms with Gasteiger partial charge in [0.15, 0.2) is 0 Å². The summed E-state index contributed by atoms with van der Waals surface area (Å²) in [6.07, 6.45) is 4.10. The van der Waals surface area contributed by atoms with Crippen LogP contribution in [0.15, 0.2) is 63.0 Å². The average molecular weight is 424 g/mol. The quantitative estimate of drug-likeness (QED) is 0.459. The lowest BCUT2D eigenvalue weighted by molar-refractivity contribution is 0.414. The van der Waals surface area contributed by atoms with E-state index in [-0.39, 0.29) is 11.3 Å². The van der Waals surface area contributed by atoms with Gasteiger partial charge in [0, 0.05) is 11.3 Å². The summed E-state index contributed by atoms with van der Waals surface area (Å²) in [6.45, 7) is 0. The molecule has 0 fully saturated rings. The summed E-state index contributed by atoms with van der Waals surface area (Å²) < 4.78 is 6.85. The van der Waals surface area contributed by atoms with E-state index in [0.717, 1.165) is 33.1 Å². The van der Waals surface area contributed by atoms with Crippen LogP contribution in [0, 0.1) is 0 Å². The van der Waals surface area contributed by atoms with Gasteiger partial charge in [0.05, 0.1) is 11.6 Å². The van der Waals surface area contributed by atoms with Crippen molar-refractivity contribution in [2.75, 3.05) is 13.4 Å². The number of hydrogen-bond acceptors (Lipinski definition) is 7. The highest BCUT2D eigenvalue weighted by atomic mass is 32.2. The number of methoxy groups -OCH3 is 1. The molecule has 2 aromatic heterocycles. The van der Waals surface area contributed by atoms with Gasteiger partial charge in [-0.25, -0.2) is 0 Å². The van der Waals surface area contributed by atoms with Gasteiger partial charge in [-0.3, -0.25) is 9.59 Å². The molecule has 146 valence electrons. The van der Waals surface area contributed by atoms with E-state index >= 15 is 0 Å². The minimum absolute atomic E-state index is 0.235. The maximum atomic E-state index is 12.8. The Morgan fingerprint density at radius 1 is 1.10 bits per heavy atom. The second-order valence-electron chi connectivity index (χ2n) is 6.27. The van der Waals surface area contributed by atoms with E-state index in [2.05, 4.69) is 10.1 Å². The Labute approximate surface area is 174 Å². The zero-order chi connectivity index (χ0) is 20.4. The van der Waals surface area contributed by atoms with Gasteiger partial charge in [0.2, 0.25) is 4.96 Å². The Hall–Kier alpha value is -2.97. The molecule has 0 aliphatic heterocycles. The summed E-state index contributed by atoms with van der Waals surface area (Å²) in [7, 11) is 1.60. The number of hydrogen-bond donors (Lipinski definition) is 0. The molecular formula is C21H17N3O3S2. The van der Waals surface area contributed by atoms with Crippen molar-refractivity contribution >= 4 is 34.1 Å². The van der Waals surface area contributed by atoms with E-state index in [4.69, 9.17) is 4.74 Å². The molecule has 8 heteroatoms. The van der Waals surface area contributed by atoms with Crippen molar-refractivity contribution in [3.8, 4) is 5.75 Å². The number of rotatable bonds is 5. The van der Waals surface area contributed by atoms with Gasteiger partial charge in [-0.1, -0.05) is 35.6 Å². The number of thioether (sulfide) groups is 1. The number of nitrogens with zero attached hydrogens (tertiary/aromatic N) is 3. The van der Waals surface area contributed by atoms with Gasteiger partial charge in [-0.05, 0) is 47.7 Å². The monoisotopic (exact) mass is 423 g/mol. The van der Waals surface area contributed by atoms with Crippen molar-refractivity contribution in [1.82, 2.24) is 14.6 Å². The van der Waals surface area contributed by atoms with E-state index in [1.165, 1.54) is 4.52 Å². The fraction of sp³-hybridized carbons (Fsp3) is 0.143. The van der Waals surface area contributed by atoms with Crippen LogP contribution in [-0.4, -0.2) is 28.0 Å². The predicted molar refractivity (Wildman–Crippen MR) is 116 cm³/mol. The highest BCUT2D eigenvalue weighted by Gasteiger charge is 2.12. The molecule has 0 bridgehead atoms. The Balaban J connectivity index is 1.73. The van der Waals surface area contributed by atoms with Gasteiger partial charge in [-0.2, -0.15) is 14.6 Å². The maximum Gasteiger partial charge on any atom is 0.296 e. The van der Waals surface area contributed by atoms with Crippen LogP contribution >= 0.6 is 23.1 Å². The Morgan fingerprint density at radius 2 is 1.83 bits per heavy atom. The zero-order valence-electron chi connectivity index (χ0n) is 15.8. The number of fused-ring (bicyclic) bond motifs is 1. The SMILES string of the molecule is COc1ccc(Cc2nn3c(=O)c(=Cc4ccc(SC)cc4)sc3nc2=O)cc1. The molecule has 4 aromatic rings. The third-order valence-corrected chi connectivity index (χ3v) is 6.10. The van der Waals surface area contributed by atoms with E-state index in [0.29, 0.717) is 15.9 Å². The summed E-state index contributed by atoms with van der Waals surface area (Å²) in [6, 6.07) is 15.3. The van der Waals surface area contributed by atoms with E-state index in [1.807, 2.05) is 54.8 Å². The predicted octanol–water partition coefficient (Wildman–Crippen LogP) is 2.38. The lowest BCUT2D eigenvalue weighted by Crippen LogP contribution is -2.28. The van der Waals surface area contributed by atoms with Crippen LogP contribution in [0.3, 0.4) is 0 Å². The lowest BCUT2D eigenvalue weighted by atomic mass is 10.1. The molecule has 2 heterocycles. The molecule has 0 spiro atoms. The summed E-state index contributed by atoms with van der Waals surface area (Å²) in [5, 5.41) is 4.29. The van der Waals surface area contributed by atoms with Crippen LogP contribution < -0.4 is 20.4 Å². The summed E-state index contributed by atoms with van der Waals surface area (Å²) in [5.41, 5.74) is 1.34. The maximum absolute atomic E-state index is 12.8. The van der Waals surface area contributed by atoms with Crippen molar-refractivity contribution in [1.29, 1.82) is 0 Å². The molecule has 0 amide bonds. The normalized spacial score (nSPS) is 11.9. The highest BCUT2D eigenvalue weighted by Crippen LogP contribution is 2.15. The van der Waals surface area contributed by atoms with Gasteiger partial charge >= 0.3 is 0 Å². The number of ether oxygens (including phenoxy) is 1. The largest absolute Gasteiger partial charge is 0.497 e. The molecule has 0 aliphatic carbocycles. The minimum atomic E-state index is -0.419. The average Bonchev–Trinajstić information content (AvgIpc) is 3.04. The summed E-state index contributed by atoms with van der Waals surface area (Å²) in [5.74, 6) is 0.734. The fourth-order valence-corrected chi connectivity index (χ4v) is 4.15. The molecule has 0 unspecified atom stereocenters. The standard InChI is InChI=1S/C21H17N3O3S2/c1-27-15-7-3-13(4-8-15)11-17-19(25)22-21-24(23-17)20(26)18(29-21)12-14-5-9-16(28-2)10-6-14/h3-10,12H,11H2,1-2H3. The number of aromatic nitrogens is 3. The van der Waals surface area contributed by atoms with Crippen LogP contribution in [0.4, 0.5) is 0 Å². The second-order valence-corrected chi connectivity index (χ2v) is 8.16. The molecule has 4 rings (SSSR count). The molecule has 6 nitrogen and oxygen atoms in total. The molecular weight excluding hydrogens is 406 g/mol. The zero-order valence-corrected chi connectivity index (χ0v) is 17.4. The molecule has 0 saturated carbocycles. The summed E-state index contributed by atoms with van der Waals surface area (Å²) in [4.78, 5) is 30.7. The summed E-state index contributed by atoms with van der Waals surface area (Å²) >= 11 is 2.82. The first kappa shape index (κ1) is 19.4. The van der Waals surface area contributed by atoms with E-state index < -0.39 is 5.56 Å². The Kier molecular flexibility index (Phi) is 5.46. The van der Waals surface area contributed by atoms with Crippen LogP contribution in [-0.2, 0) is 6.42 Å². The number of thiazole rings is 1. The fourth-order valence-electron chi connectivity index (χ4n) is 2.84. The van der Waals surface area contributed by atoms with Crippen molar-refractivity contribution in [2.24, 2.45) is 0 Å². The van der Waals surface area contributed by atoms with Crippen LogP contribution in [0.2, 0.25) is 0 Å². The first-order valence-electron chi connectivity index (χ1n) is 8.79. The molecule has 0 atom stereocenters. The molecule has 0 radical (unpaired) electrons. The first-order valence-corrected chi connectivity index (χ1v) is 10.8. The third kappa shape index (κ3) is 4.08. The van der Waals surface area contributed by atoms with Crippen molar-refractivity contribution in [3.05, 3.63) is 90.6 Å². The van der Waals surface area contributed by atoms with Crippen molar-refractivity contribution in [3.63, 3.8) is 0 Å². The molecule has 29 heavy (non-hydrogen) atoms. The molecule has 0 saturated heterocycles. The minimum Gasteiger partial charge on any atom is -0.497 e. The van der Waals surface area contributed by atoms with Gasteiger partial charge in [0.1, 0.15) is 11.4 Å². The lowest BCUT2D eigenvalue weighted by Gasteiger charge is -2.02. The number of benzene rings is 2. The van der Waals surface area contributed by atoms with Crippen LogP contribution in [0.5, 0.6) is 5.75 Å². The Bertz CT molecular complexity index is 1330. The van der Waals surface area contributed by atoms with Gasteiger partial charge in [0.25, 0.3) is 11.1 Å². The highest BCUT2D eigenvalue weighted by molar-refractivity contribution is 7.98. The second kappa shape index (κ2) is 8.18. The van der Waals surface area contributed by atoms with Gasteiger partial charge < -0.3 is 4.74 Å². The molecule has 0 aliphatic rings. The topological polar surface area (TPSA) is 73.6 Å². The Morgan fingerprint density at radius 3 is 2.48 bits per heavy atom. The smallest absolute Gasteiger partial charge is 0.296 e. The van der Waals surface area contributed by atoms with Crippen LogP contribution in [0.1, 0.15) is 16.8 Å². The van der Waals surface area contributed by atoms with Gasteiger partial charge in [-0.15, -0.1) is 11.8 Å². The van der Waals surface area contributed by atoms with E-state index in [9.17, 15) is 9.59 Å². The first-order chi connectivity index (χ1) is 14.1.